The van der Waals surface area contributed by atoms with E-state index in [4.69, 9.17) is 36.0 Å². The summed E-state index contributed by atoms with van der Waals surface area (Å²) in [5, 5.41) is 7.75. The molecule has 6 nitrogen and oxygen atoms in total. The number of para-hydroxylation sites is 1. The molecule has 0 aliphatic rings. The zero-order chi connectivity index (χ0) is 25.3. The molecule has 0 aliphatic carbocycles. The Balaban J connectivity index is 0.000000509. The van der Waals surface area contributed by atoms with Crippen molar-refractivity contribution in [3.05, 3.63) is 65.1 Å². The minimum Gasteiger partial charge on any atom is -0.496 e. The van der Waals surface area contributed by atoms with Gasteiger partial charge in [-0.2, -0.15) is 13.2 Å². The monoisotopic (exact) mass is 498 g/mol. The smallest absolute Gasteiger partial charge is 0.490 e. The molecule has 0 aliphatic heterocycles. The minimum atomic E-state index is -5.08. The maximum absolute atomic E-state index is 10.6. The number of hydrogen-bond donors (Lipinski definition) is 1. The van der Waals surface area contributed by atoms with E-state index >= 15 is 0 Å². The average molecular weight is 499 g/mol. The van der Waals surface area contributed by atoms with E-state index in [1.54, 1.807) is 14.2 Å². The highest BCUT2D eigenvalue weighted by Gasteiger charge is 2.38. The van der Waals surface area contributed by atoms with Gasteiger partial charge in [0, 0.05) is 17.8 Å². The lowest BCUT2D eigenvalue weighted by atomic mass is 10.1. The molecule has 0 spiro atoms. The van der Waals surface area contributed by atoms with Gasteiger partial charge in [0.05, 0.1) is 31.3 Å². The first-order chi connectivity index (χ1) is 16.1. The average Bonchev–Trinajstić information content (AvgIpc) is 3.19. The number of unbranched alkanes of at least 4 members (excludes halogenated alkanes) is 1. The number of carbonyl (C=O) groups is 1. The molecule has 1 aromatic heterocycles. The van der Waals surface area contributed by atoms with Crippen LogP contribution in [0.1, 0.15) is 31.0 Å². The zero-order valence-corrected chi connectivity index (χ0v) is 19.8. The van der Waals surface area contributed by atoms with Crippen molar-refractivity contribution in [1.82, 2.24) is 9.55 Å². The molecule has 0 bridgehead atoms. The van der Waals surface area contributed by atoms with Crippen molar-refractivity contribution in [2.45, 2.75) is 38.9 Å². The molecule has 1 N–H and O–H groups in total. The lowest BCUT2D eigenvalue weighted by Crippen LogP contribution is -2.21. The van der Waals surface area contributed by atoms with Gasteiger partial charge in [-0.05, 0) is 42.7 Å². The third-order valence-electron chi connectivity index (χ3n) is 4.89. The SMILES string of the molecule is CCCCc1c(-c2ccccc2OC)ncn1Cc1ccc(OC)c(Cl)c1.O=C(O)C(F)(F)F. The molecule has 3 aromatic rings. The fraction of sp³-hybridized carbons (Fsp3) is 0.333. The van der Waals surface area contributed by atoms with E-state index in [0.717, 1.165) is 41.8 Å². The van der Waals surface area contributed by atoms with Crippen LogP contribution in [0.25, 0.3) is 11.3 Å². The van der Waals surface area contributed by atoms with Crippen LogP contribution in [0.5, 0.6) is 11.5 Å². The summed E-state index contributed by atoms with van der Waals surface area (Å²) in [5.41, 5.74) is 4.34. The molecule has 2 aromatic carbocycles. The fourth-order valence-electron chi connectivity index (χ4n) is 3.22. The number of aromatic nitrogens is 2. The van der Waals surface area contributed by atoms with Gasteiger partial charge in [0.1, 0.15) is 11.5 Å². The predicted molar refractivity (Wildman–Crippen MR) is 124 cm³/mol. The largest absolute Gasteiger partial charge is 0.496 e. The van der Waals surface area contributed by atoms with Crippen molar-refractivity contribution < 1.29 is 32.5 Å². The number of nitrogens with zero attached hydrogens (tertiary/aromatic N) is 2. The number of carboxylic acid groups (broad SMARTS) is 1. The Kier molecular flexibility index (Phi) is 9.80. The van der Waals surface area contributed by atoms with Crippen LogP contribution in [0.15, 0.2) is 48.8 Å². The van der Waals surface area contributed by atoms with Gasteiger partial charge in [0.15, 0.2) is 0 Å². The van der Waals surface area contributed by atoms with E-state index in [9.17, 15) is 13.2 Å². The summed E-state index contributed by atoms with van der Waals surface area (Å²) in [5.74, 6) is -1.23. The number of halogens is 4. The van der Waals surface area contributed by atoms with Crippen LogP contribution in [-0.2, 0) is 17.8 Å². The molecule has 0 radical (unpaired) electrons. The predicted octanol–water partition coefficient (Wildman–Crippen LogP) is 6.24. The summed E-state index contributed by atoms with van der Waals surface area (Å²) in [7, 11) is 3.32. The standard InChI is InChI=1S/C22H25ClN2O2.C2HF3O2/c1-4-5-9-19-22(17-8-6-7-10-20(17)26-2)24-15-25(19)14-16-11-12-21(27-3)18(23)13-16;3-2(4,5)1(6)7/h6-8,10-13,15H,4-5,9,14H2,1-3H3;(H,6,7). The van der Waals surface area contributed by atoms with E-state index in [2.05, 4.69) is 17.6 Å². The first-order valence-corrected chi connectivity index (χ1v) is 10.8. The first-order valence-electron chi connectivity index (χ1n) is 10.4. The third-order valence-corrected chi connectivity index (χ3v) is 5.18. The number of rotatable bonds is 8. The van der Waals surface area contributed by atoms with E-state index in [1.807, 2.05) is 42.7 Å². The van der Waals surface area contributed by atoms with Gasteiger partial charge >= 0.3 is 12.1 Å². The number of methoxy groups -OCH3 is 2. The van der Waals surface area contributed by atoms with Gasteiger partial charge in [0.2, 0.25) is 0 Å². The molecular weight excluding hydrogens is 473 g/mol. The van der Waals surface area contributed by atoms with Crippen molar-refractivity contribution in [1.29, 1.82) is 0 Å². The number of aliphatic carboxylic acids is 1. The van der Waals surface area contributed by atoms with E-state index in [-0.39, 0.29) is 0 Å². The fourth-order valence-corrected chi connectivity index (χ4v) is 3.50. The van der Waals surface area contributed by atoms with Gasteiger partial charge in [-0.25, -0.2) is 9.78 Å². The summed E-state index contributed by atoms with van der Waals surface area (Å²) in [6.07, 6.45) is 0.0286. The summed E-state index contributed by atoms with van der Waals surface area (Å²) in [6.45, 7) is 2.91. The Labute approximate surface area is 200 Å². The molecule has 0 atom stereocenters. The maximum Gasteiger partial charge on any atom is 0.490 e. The van der Waals surface area contributed by atoms with Crippen molar-refractivity contribution in [2.75, 3.05) is 14.2 Å². The molecule has 184 valence electrons. The Morgan fingerprint density at radius 1 is 1.12 bits per heavy atom. The van der Waals surface area contributed by atoms with Crippen molar-refractivity contribution in [3.63, 3.8) is 0 Å². The Morgan fingerprint density at radius 2 is 1.76 bits per heavy atom. The number of carboxylic acids is 1. The second-order valence-electron chi connectivity index (χ2n) is 7.24. The molecule has 10 heteroatoms. The van der Waals surface area contributed by atoms with Crippen molar-refractivity contribution in [3.8, 4) is 22.8 Å². The van der Waals surface area contributed by atoms with E-state index in [0.29, 0.717) is 17.3 Å². The number of hydrogen-bond acceptors (Lipinski definition) is 4. The molecular formula is C24H26ClF3N2O4. The van der Waals surface area contributed by atoms with Crippen LogP contribution in [0.2, 0.25) is 5.02 Å². The molecule has 0 fully saturated rings. The highest BCUT2D eigenvalue weighted by Crippen LogP contribution is 2.32. The van der Waals surface area contributed by atoms with E-state index < -0.39 is 12.1 Å². The van der Waals surface area contributed by atoms with Crippen LogP contribution in [0.3, 0.4) is 0 Å². The van der Waals surface area contributed by atoms with Crippen LogP contribution >= 0.6 is 11.6 Å². The normalized spacial score (nSPS) is 10.9. The topological polar surface area (TPSA) is 73.6 Å². The van der Waals surface area contributed by atoms with Crippen LogP contribution in [0.4, 0.5) is 13.2 Å². The molecule has 0 unspecified atom stereocenters. The highest BCUT2D eigenvalue weighted by molar-refractivity contribution is 6.32. The van der Waals surface area contributed by atoms with Crippen LogP contribution in [-0.4, -0.2) is 41.0 Å². The second kappa shape index (κ2) is 12.3. The number of benzene rings is 2. The second-order valence-corrected chi connectivity index (χ2v) is 7.65. The van der Waals surface area contributed by atoms with Gasteiger partial charge in [-0.15, -0.1) is 0 Å². The molecule has 0 amide bonds. The Morgan fingerprint density at radius 3 is 2.32 bits per heavy atom. The lowest BCUT2D eigenvalue weighted by Gasteiger charge is -2.13. The minimum absolute atomic E-state index is 0.621. The van der Waals surface area contributed by atoms with Crippen LogP contribution < -0.4 is 9.47 Å². The van der Waals surface area contributed by atoms with Crippen LogP contribution in [0, 0.1) is 0 Å². The maximum atomic E-state index is 10.6. The summed E-state index contributed by atoms with van der Waals surface area (Å²) in [6, 6.07) is 13.9. The summed E-state index contributed by atoms with van der Waals surface area (Å²) < 4.78 is 44.7. The van der Waals surface area contributed by atoms with Crippen molar-refractivity contribution in [2.24, 2.45) is 0 Å². The molecule has 0 saturated carbocycles. The molecule has 34 heavy (non-hydrogen) atoms. The number of imidazole rings is 1. The summed E-state index contributed by atoms with van der Waals surface area (Å²) >= 11 is 6.29. The van der Waals surface area contributed by atoms with Gasteiger partial charge in [0.25, 0.3) is 0 Å². The number of ether oxygens (including phenoxy) is 2. The highest BCUT2D eigenvalue weighted by atomic mass is 35.5. The molecule has 3 rings (SSSR count). The molecule has 1 heterocycles. The first kappa shape index (κ1) is 27.0. The van der Waals surface area contributed by atoms with Gasteiger partial charge < -0.3 is 19.1 Å². The Bertz CT molecular complexity index is 1100. The van der Waals surface area contributed by atoms with E-state index in [1.165, 1.54) is 5.69 Å². The zero-order valence-electron chi connectivity index (χ0n) is 19.0. The Hall–Kier alpha value is -3.20. The number of alkyl halides is 3. The lowest BCUT2D eigenvalue weighted by molar-refractivity contribution is -0.192. The summed E-state index contributed by atoms with van der Waals surface area (Å²) in [4.78, 5) is 13.6. The van der Waals surface area contributed by atoms with Gasteiger partial charge in [-0.1, -0.05) is 43.1 Å². The molecule has 0 saturated heterocycles. The third kappa shape index (κ3) is 7.15. The van der Waals surface area contributed by atoms with Gasteiger partial charge in [-0.3, -0.25) is 0 Å². The van der Waals surface area contributed by atoms with Crippen molar-refractivity contribution >= 4 is 17.6 Å². The quantitative estimate of drug-likeness (QED) is 0.397.